The van der Waals surface area contributed by atoms with Gasteiger partial charge >= 0.3 is 0 Å². The van der Waals surface area contributed by atoms with E-state index in [1.807, 2.05) is 36.0 Å². The SMILES string of the molecule is Cn1ccnc1CN1CCN2C(=O)c3ccccc3OCC[C@@H]3CCC[C@@H](CNC(=O)[C@@H]2C1)O3. The first-order valence-electron chi connectivity index (χ1n) is 12.2. The molecular weight excluding hydrogens is 434 g/mol. The number of nitrogens with zero attached hydrogens (tertiary/aromatic N) is 4. The predicted molar refractivity (Wildman–Crippen MR) is 125 cm³/mol. The van der Waals surface area contributed by atoms with Crippen molar-refractivity contribution in [2.24, 2.45) is 7.05 Å². The maximum absolute atomic E-state index is 13.7. The number of fused-ring (bicyclic) bond motifs is 4. The Bertz CT molecular complexity index is 1020. The molecule has 0 unspecified atom stereocenters. The monoisotopic (exact) mass is 467 g/mol. The number of aromatic nitrogens is 2. The average Bonchev–Trinajstić information content (AvgIpc) is 3.26. The quantitative estimate of drug-likeness (QED) is 0.722. The lowest BCUT2D eigenvalue weighted by molar-refractivity contribution is -0.129. The minimum absolute atomic E-state index is 0.00524. The van der Waals surface area contributed by atoms with Gasteiger partial charge in [-0.2, -0.15) is 0 Å². The Morgan fingerprint density at radius 3 is 2.82 bits per heavy atom. The van der Waals surface area contributed by atoms with E-state index in [-0.39, 0.29) is 24.0 Å². The van der Waals surface area contributed by atoms with Gasteiger partial charge in [-0.1, -0.05) is 12.1 Å². The van der Waals surface area contributed by atoms with E-state index in [0.29, 0.717) is 50.6 Å². The van der Waals surface area contributed by atoms with Crippen molar-refractivity contribution in [2.45, 2.75) is 50.5 Å². The van der Waals surface area contributed by atoms with Crippen LogP contribution >= 0.6 is 0 Å². The van der Waals surface area contributed by atoms with Gasteiger partial charge in [-0.05, 0) is 31.4 Å². The summed E-state index contributed by atoms with van der Waals surface area (Å²) in [5.41, 5.74) is 0.498. The van der Waals surface area contributed by atoms with Crippen LogP contribution in [0.2, 0.25) is 0 Å². The Morgan fingerprint density at radius 1 is 1.12 bits per heavy atom. The van der Waals surface area contributed by atoms with Crippen LogP contribution in [0.15, 0.2) is 36.7 Å². The van der Waals surface area contributed by atoms with Gasteiger partial charge in [-0.25, -0.2) is 4.98 Å². The fourth-order valence-electron chi connectivity index (χ4n) is 5.10. The molecule has 2 aromatic rings. The molecular formula is C25H33N5O4. The number of para-hydroxylation sites is 1. The van der Waals surface area contributed by atoms with E-state index in [1.54, 1.807) is 17.2 Å². The van der Waals surface area contributed by atoms with Crippen molar-refractivity contribution in [2.75, 3.05) is 32.8 Å². The van der Waals surface area contributed by atoms with Crippen molar-refractivity contribution < 1.29 is 19.1 Å². The molecule has 0 spiro atoms. The number of hydrogen-bond donors (Lipinski definition) is 1. The van der Waals surface area contributed by atoms with Crippen LogP contribution in [0.1, 0.15) is 41.9 Å². The molecule has 3 aliphatic heterocycles. The van der Waals surface area contributed by atoms with Gasteiger partial charge in [0.05, 0.1) is 30.9 Å². The Labute approximate surface area is 200 Å². The second-order valence-corrected chi connectivity index (χ2v) is 9.39. The molecule has 0 radical (unpaired) electrons. The molecule has 2 bridgehead atoms. The maximum Gasteiger partial charge on any atom is 0.258 e. The van der Waals surface area contributed by atoms with E-state index < -0.39 is 6.04 Å². The highest BCUT2D eigenvalue weighted by Gasteiger charge is 2.37. The smallest absolute Gasteiger partial charge is 0.258 e. The van der Waals surface area contributed by atoms with Gasteiger partial charge in [-0.3, -0.25) is 14.5 Å². The normalized spacial score (nSPS) is 26.6. The fourth-order valence-corrected chi connectivity index (χ4v) is 5.10. The molecule has 1 N–H and O–H groups in total. The van der Waals surface area contributed by atoms with Crippen LogP contribution < -0.4 is 10.1 Å². The molecule has 9 nitrogen and oxygen atoms in total. The molecule has 3 aliphatic rings. The molecule has 4 heterocycles. The second kappa shape index (κ2) is 10.1. The zero-order chi connectivity index (χ0) is 23.5. The molecule has 0 aliphatic carbocycles. The number of hydrogen-bond acceptors (Lipinski definition) is 6. The van der Waals surface area contributed by atoms with Crippen LogP contribution in [0.5, 0.6) is 5.75 Å². The zero-order valence-electron chi connectivity index (χ0n) is 19.7. The lowest BCUT2D eigenvalue weighted by Gasteiger charge is -2.41. The van der Waals surface area contributed by atoms with Gasteiger partial charge in [0.15, 0.2) is 0 Å². The molecule has 5 rings (SSSR count). The third kappa shape index (κ3) is 4.95. The minimum Gasteiger partial charge on any atom is -0.493 e. The van der Waals surface area contributed by atoms with E-state index in [1.165, 1.54) is 0 Å². The summed E-state index contributed by atoms with van der Waals surface area (Å²) in [4.78, 5) is 35.4. The van der Waals surface area contributed by atoms with Gasteiger partial charge < -0.3 is 24.3 Å². The number of benzene rings is 1. The molecule has 3 atom stereocenters. The number of amides is 2. The first-order valence-corrected chi connectivity index (χ1v) is 12.2. The molecule has 9 heteroatoms. The van der Waals surface area contributed by atoms with Crippen molar-refractivity contribution in [1.82, 2.24) is 24.7 Å². The van der Waals surface area contributed by atoms with E-state index in [4.69, 9.17) is 9.47 Å². The lowest BCUT2D eigenvalue weighted by atomic mass is 10.0. The predicted octanol–water partition coefficient (Wildman–Crippen LogP) is 1.58. The van der Waals surface area contributed by atoms with Gasteiger partial charge in [0, 0.05) is 52.0 Å². The molecule has 1 aromatic heterocycles. The number of nitrogens with one attached hydrogen (secondary N) is 1. The summed E-state index contributed by atoms with van der Waals surface area (Å²) < 4.78 is 14.3. The first-order chi connectivity index (χ1) is 16.6. The molecule has 34 heavy (non-hydrogen) atoms. The largest absolute Gasteiger partial charge is 0.493 e. The number of aryl methyl sites for hydroxylation is 1. The molecule has 2 amide bonds. The highest BCUT2D eigenvalue weighted by Crippen LogP contribution is 2.26. The topological polar surface area (TPSA) is 88.9 Å². The Hall–Kier alpha value is -2.91. The van der Waals surface area contributed by atoms with Gasteiger partial charge in [0.1, 0.15) is 17.6 Å². The minimum atomic E-state index is -0.600. The number of piperazine rings is 1. The van der Waals surface area contributed by atoms with Crippen molar-refractivity contribution in [3.05, 3.63) is 48.0 Å². The molecule has 182 valence electrons. The third-order valence-corrected chi connectivity index (χ3v) is 7.07. The summed E-state index contributed by atoms with van der Waals surface area (Å²) in [6.07, 6.45) is 7.56. The van der Waals surface area contributed by atoms with Gasteiger partial charge in [-0.15, -0.1) is 0 Å². The van der Waals surface area contributed by atoms with Crippen LogP contribution in [0.3, 0.4) is 0 Å². The van der Waals surface area contributed by atoms with Crippen molar-refractivity contribution >= 4 is 11.8 Å². The Kier molecular flexibility index (Phi) is 6.82. The number of carbonyl (C=O) groups is 2. The summed E-state index contributed by atoms with van der Waals surface area (Å²) in [7, 11) is 1.96. The summed E-state index contributed by atoms with van der Waals surface area (Å²) in [5, 5.41) is 3.09. The van der Waals surface area contributed by atoms with Crippen molar-refractivity contribution in [3.8, 4) is 5.75 Å². The summed E-state index contributed by atoms with van der Waals surface area (Å²) in [5.74, 6) is 1.19. The zero-order valence-corrected chi connectivity index (χ0v) is 19.7. The molecule has 1 aromatic carbocycles. The molecule has 0 saturated carbocycles. The van der Waals surface area contributed by atoms with E-state index in [2.05, 4.69) is 15.2 Å². The van der Waals surface area contributed by atoms with Crippen LogP contribution in [0.4, 0.5) is 0 Å². The van der Waals surface area contributed by atoms with E-state index in [0.717, 1.165) is 31.5 Å². The second-order valence-electron chi connectivity index (χ2n) is 9.39. The Balaban J connectivity index is 1.41. The van der Waals surface area contributed by atoms with E-state index in [9.17, 15) is 9.59 Å². The lowest BCUT2D eigenvalue weighted by Crippen LogP contribution is -2.61. The standard InChI is InChI=1S/C25H33N5O4/c1-28-11-10-26-23(28)17-29-12-13-30-21(16-29)24(31)27-15-19-6-4-5-18(34-19)9-14-33-22-8-3-2-7-20(22)25(30)32/h2-3,7-8,10-11,18-19,21H,4-6,9,12-17H2,1H3,(H,27,31)/t18-,19-,21-/m0/s1. The number of rotatable bonds is 2. The number of carbonyl (C=O) groups excluding carboxylic acids is 2. The summed E-state index contributed by atoms with van der Waals surface area (Å²) in [6, 6.07) is 6.72. The van der Waals surface area contributed by atoms with Gasteiger partial charge in [0.2, 0.25) is 5.91 Å². The average molecular weight is 468 g/mol. The number of ether oxygens (including phenoxy) is 2. The van der Waals surface area contributed by atoms with Crippen LogP contribution in [0.25, 0.3) is 0 Å². The fraction of sp³-hybridized carbons (Fsp3) is 0.560. The molecule has 2 fully saturated rings. The van der Waals surface area contributed by atoms with Crippen LogP contribution in [-0.4, -0.2) is 82.2 Å². The van der Waals surface area contributed by atoms with Crippen molar-refractivity contribution in [1.29, 1.82) is 0 Å². The van der Waals surface area contributed by atoms with Crippen molar-refractivity contribution in [3.63, 3.8) is 0 Å². The number of imidazole rings is 1. The van der Waals surface area contributed by atoms with Gasteiger partial charge in [0.25, 0.3) is 5.91 Å². The third-order valence-electron chi connectivity index (χ3n) is 7.07. The highest BCUT2D eigenvalue weighted by atomic mass is 16.5. The van der Waals surface area contributed by atoms with Crippen LogP contribution in [0, 0.1) is 0 Å². The Morgan fingerprint density at radius 2 is 1.97 bits per heavy atom. The van der Waals surface area contributed by atoms with Crippen LogP contribution in [-0.2, 0) is 23.1 Å². The molecule has 2 saturated heterocycles. The highest BCUT2D eigenvalue weighted by molar-refractivity contribution is 6.00. The summed E-state index contributed by atoms with van der Waals surface area (Å²) >= 11 is 0. The summed E-state index contributed by atoms with van der Waals surface area (Å²) in [6.45, 7) is 3.15. The first kappa shape index (κ1) is 22.9. The van der Waals surface area contributed by atoms with E-state index >= 15 is 0 Å². The maximum atomic E-state index is 13.7.